The van der Waals surface area contributed by atoms with Gasteiger partial charge in [0.25, 0.3) is 0 Å². The van der Waals surface area contributed by atoms with Crippen LogP contribution in [-0.2, 0) is 14.3 Å². The fraction of sp³-hybridized carbons (Fsp3) is 0.833. The third-order valence-corrected chi connectivity index (χ3v) is 3.60. The number of hydrogen-bond acceptors (Lipinski definition) is 4. The summed E-state index contributed by atoms with van der Waals surface area (Å²) in [4.78, 5) is 26.6. The van der Waals surface area contributed by atoms with Crippen LogP contribution in [0, 0.1) is 5.92 Å². The summed E-state index contributed by atoms with van der Waals surface area (Å²) in [6.07, 6.45) is 1.00. The van der Waals surface area contributed by atoms with Gasteiger partial charge in [0.1, 0.15) is 0 Å². The molecule has 6 heteroatoms. The van der Waals surface area contributed by atoms with Gasteiger partial charge in [-0.15, -0.1) is 0 Å². The van der Waals surface area contributed by atoms with Crippen molar-refractivity contribution in [2.24, 2.45) is 5.92 Å². The quantitative estimate of drug-likeness (QED) is 0.744. The monoisotopic (exact) mass is 256 g/mol. The molecule has 2 saturated heterocycles. The topological polar surface area (TPSA) is 70.1 Å². The van der Waals surface area contributed by atoms with Crippen molar-refractivity contribution < 1.29 is 19.4 Å². The zero-order valence-corrected chi connectivity index (χ0v) is 10.5. The van der Waals surface area contributed by atoms with E-state index < -0.39 is 5.97 Å². The Balaban J connectivity index is 1.72. The summed E-state index contributed by atoms with van der Waals surface area (Å²) >= 11 is 0. The molecular weight excluding hydrogens is 236 g/mol. The molecule has 0 aliphatic carbocycles. The number of amides is 1. The van der Waals surface area contributed by atoms with E-state index in [4.69, 9.17) is 9.84 Å². The first-order valence-electron chi connectivity index (χ1n) is 6.47. The number of carboxylic acid groups (broad SMARTS) is 1. The third-order valence-electron chi connectivity index (χ3n) is 3.60. The van der Waals surface area contributed by atoms with Crippen LogP contribution in [0.15, 0.2) is 0 Å². The number of aliphatic carboxylic acids is 1. The minimum atomic E-state index is -0.767. The van der Waals surface area contributed by atoms with Gasteiger partial charge in [-0.1, -0.05) is 0 Å². The molecule has 0 bridgehead atoms. The lowest BCUT2D eigenvalue weighted by Gasteiger charge is -2.35. The lowest BCUT2D eigenvalue weighted by atomic mass is 10.1. The molecule has 2 fully saturated rings. The first kappa shape index (κ1) is 13.3. The van der Waals surface area contributed by atoms with Crippen molar-refractivity contribution in [1.29, 1.82) is 0 Å². The third kappa shape index (κ3) is 3.43. The second kappa shape index (κ2) is 6.15. The predicted molar refractivity (Wildman–Crippen MR) is 64.2 cm³/mol. The maximum absolute atomic E-state index is 12.1. The van der Waals surface area contributed by atoms with Gasteiger partial charge in [0.15, 0.2) is 0 Å². The molecule has 0 radical (unpaired) electrons. The van der Waals surface area contributed by atoms with E-state index in [0.29, 0.717) is 32.8 Å². The first-order chi connectivity index (χ1) is 8.66. The number of piperazine rings is 1. The smallest absolute Gasteiger partial charge is 0.304 e. The Kier molecular flexibility index (Phi) is 4.54. The molecule has 0 aromatic rings. The highest BCUT2D eigenvalue weighted by molar-refractivity contribution is 5.79. The Morgan fingerprint density at radius 1 is 1.22 bits per heavy atom. The normalized spacial score (nSPS) is 25.3. The van der Waals surface area contributed by atoms with Gasteiger partial charge in [0.2, 0.25) is 5.91 Å². The van der Waals surface area contributed by atoms with Crippen molar-refractivity contribution in [2.45, 2.75) is 12.8 Å². The summed E-state index contributed by atoms with van der Waals surface area (Å²) in [7, 11) is 0. The Bertz CT molecular complexity index is 307. The second-order valence-corrected chi connectivity index (χ2v) is 4.87. The average Bonchev–Trinajstić information content (AvgIpc) is 2.90. The maximum Gasteiger partial charge on any atom is 0.304 e. The van der Waals surface area contributed by atoms with Crippen molar-refractivity contribution in [1.82, 2.24) is 9.80 Å². The highest BCUT2D eigenvalue weighted by atomic mass is 16.5. The minimum Gasteiger partial charge on any atom is -0.481 e. The van der Waals surface area contributed by atoms with Gasteiger partial charge in [0, 0.05) is 39.3 Å². The zero-order valence-electron chi connectivity index (χ0n) is 10.5. The fourth-order valence-electron chi connectivity index (χ4n) is 2.43. The molecule has 2 heterocycles. The van der Waals surface area contributed by atoms with Gasteiger partial charge >= 0.3 is 5.97 Å². The van der Waals surface area contributed by atoms with Crippen molar-refractivity contribution >= 4 is 11.9 Å². The van der Waals surface area contributed by atoms with Crippen LogP contribution < -0.4 is 0 Å². The van der Waals surface area contributed by atoms with E-state index >= 15 is 0 Å². The van der Waals surface area contributed by atoms with Crippen molar-refractivity contribution in [3.8, 4) is 0 Å². The van der Waals surface area contributed by atoms with E-state index in [1.54, 1.807) is 0 Å². The van der Waals surface area contributed by atoms with Crippen molar-refractivity contribution in [2.75, 3.05) is 45.9 Å². The van der Waals surface area contributed by atoms with Crippen molar-refractivity contribution in [3.05, 3.63) is 0 Å². The van der Waals surface area contributed by atoms with E-state index in [2.05, 4.69) is 4.90 Å². The lowest BCUT2D eigenvalue weighted by Crippen LogP contribution is -2.50. The van der Waals surface area contributed by atoms with E-state index in [9.17, 15) is 9.59 Å². The van der Waals surface area contributed by atoms with Gasteiger partial charge in [-0.2, -0.15) is 0 Å². The molecule has 0 saturated carbocycles. The molecule has 102 valence electrons. The number of carbonyl (C=O) groups is 2. The van der Waals surface area contributed by atoms with Crippen LogP contribution in [0.1, 0.15) is 12.8 Å². The first-order valence-corrected chi connectivity index (χ1v) is 6.47. The molecule has 18 heavy (non-hydrogen) atoms. The fourth-order valence-corrected chi connectivity index (χ4v) is 2.43. The Hall–Kier alpha value is -1.14. The summed E-state index contributed by atoms with van der Waals surface area (Å²) in [6.45, 7) is 4.76. The van der Waals surface area contributed by atoms with Crippen LogP contribution in [0.2, 0.25) is 0 Å². The van der Waals surface area contributed by atoms with Gasteiger partial charge < -0.3 is 14.7 Å². The molecule has 2 aliphatic heterocycles. The summed E-state index contributed by atoms with van der Waals surface area (Å²) in [5.41, 5.74) is 0. The molecule has 2 rings (SSSR count). The SMILES string of the molecule is O=C(O)CCN1CCN(C(=O)C2CCOC2)CC1. The average molecular weight is 256 g/mol. The van der Waals surface area contributed by atoms with Gasteiger partial charge in [-0.05, 0) is 6.42 Å². The maximum atomic E-state index is 12.1. The molecule has 1 amide bonds. The molecule has 0 aromatic carbocycles. The summed E-state index contributed by atoms with van der Waals surface area (Å²) in [6, 6.07) is 0. The van der Waals surface area contributed by atoms with Crippen molar-refractivity contribution in [3.63, 3.8) is 0 Å². The van der Waals surface area contributed by atoms with E-state index in [0.717, 1.165) is 19.5 Å². The number of ether oxygens (including phenoxy) is 1. The number of carboxylic acids is 1. The highest BCUT2D eigenvalue weighted by Crippen LogP contribution is 2.16. The summed E-state index contributed by atoms with van der Waals surface area (Å²) < 4.78 is 5.23. The molecule has 0 aromatic heterocycles. The van der Waals surface area contributed by atoms with Crippen LogP contribution in [0.25, 0.3) is 0 Å². The number of carbonyl (C=O) groups excluding carboxylic acids is 1. The van der Waals surface area contributed by atoms with Gasteiger partial charge in [-0.25, -0.2) is 0 Å². The van der Waals surface area contributed by atoms with Crippen LogP contribution in [0.3, 0.4) is 0 Å². The second-order valence-electron chi connectivity index (χ2n) is 4.87. The van der Waals surface area contributed by atoms with E-state index in [-0.39, 0.29) is 18.2 Å². The molecule has 1 N–H and O–H groups in total. The predicted octanol–water partition coefficient (Wildman–Crippen LogP) is -0.358. The Morgan fingerprint density at radius 3 is 2.50 bits per heavy atom. The van der Waals surface area contributed by atoms with Gasteiger partial charge in [0.05, 0.1) is 18.9 Å². The van der Waals surface area contributed by atoms with E-state index in [1.165, 1.54) is 0 Å². The highest BCUT2D eigenvalue weighted by Gasteiger charge is 2.29. The zero-order chi connectivity index (χ0) is 13.0. The molecule has 0 spiro atoms. The largest absolute Gasteiger partial charge is 0.481 e. The molecule has 1 unspecified atom stereocenters. The van der Waals surface area contributed by atoms with Crippen LogP contribution in [0.4, 0.5) is 0 Å². The molecule has 2 aliphatic rings. The Labute approximate surface area is 106 Å². The number of rotatable bonds is 4. The van der Waals surface area contributed by atoms with Gasteiger partial charge in [-0.3, -0.25) is 14.5 Å². The summed E-state index contributed by atoms with van der Waals surface area (Å²) in [5.74, 6) is -0.530. The standard InChI is InChI=1S/C12H20N2O4/c15-11(16)1-3-13-4-6-14(7-5-13)12(17)10-2-8-18-9-10/h10H,1-9H2,(H,15,16). The van der Waals surface area contributed by atoms with Crippen LogP contribution in [0.5, 0.6) is 0 Å². The van der Waals surface area contributed by atoms with Crippen LogP contribution in [-0.4, -0.2) is 72.7 Å². The molecule has 1 atom stereocenters. The molecule has 6 nitrogen and oxygen atoms in total. The minimum absolute atomic E-state index is 0.0376. The summed E-state index contributed by atoms with van der Waals surface area (Å²) in [5, 5.41) is 8.62. The lowest BCUT2D eigenvalue weighted by molar-refractivity contribution is -0.139. The van der Waals surface area contributed by atoms with E-state index in [1.807, 2.05) is 4.90 Å². The Morgan fingerprint density at radius 2 is 1.94 bits per heavy atom. The van der Waals surface area contributed by atoms with Crippen LogP contribution >= 0.6 is 0 Å². The molecular formula is C12H20N2O4. The number of nitrogens with zero attached hydrogens (tertiary/aromatic N) is 2. The number of hydrogen-bond donors (Lipinski definition) is 1.